The van der Waals surface area contributed by atoms with Gasteiger partial charge >= 0.3 is 5.97 Å². The van der Waals surface area contributed by atoms with Crippen LogP contribution in [0.4, 0.5) is 0 Å². The maximum absolute atomic E-state index is 11.4. The fourth-order valence-electron chi connectivity index (χ4n) is 4.82. The van der Waals surface area contributed by atoms with Gasteiger partial charge in [0.1, 0.15) is 0 Å². The van der Waals surface area contributed by atoms with Crippen LogP contribution in [0.1, 0.15) is 56.1 Å². The number of aliphatic hydroxyl groups excluding tert-OH is 1. The van der Waals surface area contributed by atoms with Gasteiger partial charge in [-0.25, -0.2) is 4.79 Å². The molecule has 0 radical (unpaired) electrons. The highest BCUT2D eigenvalue weighted by atomic mass is 16.4. The Labute approximate surface area is 179 Å². The predicted octanol–water partition coefficient (Wildman–Crippen LogP) is 3.78. The fraction of sp³-hybridized carbons (Fsp3) is 0.480. The second-order valence-corrected chi connectivity index (χ2v) is 8.23. The highest BCUT2D eigenvalue weighted by molar-refractivity contribution is 5.83. The zero-order valence-electron chi connectivity index (χ0n) is 17.5. The van der Waals surface area contributed by atoms with E-state index in [0.29, 0.717) is 17.7 Å². The SMILES string of the molecule is O=C(O)C(O)(c1ccccc1)c1ccccc1.OCCCN1C2CCCC1CCC2. The summed E-state index contributed by atoms with van der Waals surface area (Å²) in [6.07, 6.45) is 9.45. The number of carboxylic acids is 1. The lowest BCUT2D eigenvalue weighted by Gasteiger charge is -2.46. The molecule has 0 aliphatic carbocycles. The Morgan fingerprint density at radius 2 is 1.30 bits per heavy atom. The summed E-state index contributed by atoms with van der Waals surface area (Å²) in [5.74, 6) is -1.28. The van der Waals surface area contributed by atoms with Gasteiger partial charge in [-0.3, -0.25) is 4.90 Å². The molecule has 2 aromatic carbocycles. The molecular weight excluding hydrogens is 378 g/mol. The van der Waals surface area contributed by atoms with Crippen molar-refractivity contribution in [1.29, 1.82) is 0 Å². The fourth-order valence-corrected chi connectivity index (χ4v) is 4.82. The highest BCUT2D eigenvalue weighted by Gasteiger charge is 2.39. The monoisotopic (exact) mass is 411 g/mol. The first-order valence-electron chi connectivity index (χ1n) is 11.0. The van der Waals surface area contributed by atoms with Gasteiger partial charge in [0.05, 0.1) is 0 Å². The van der Waals surface area contributed by atoms with E-state index < -0.39 is 11.6 Å². The molecular formula is C25H33NO4. The maximum Gasteiger partial charge on any atom is 0.345 e. The molecule has 2 aromatic rings. The van der Waals surface area contributed by atoms with Crippen LogP contribution in [0.15, 0.2) is 60.7 Å². The van der Waals surface area contributed by atoms with E-state index in [-0.39, 0.29) is 0 Å². The molecule has 0 amide bonds. The predicted molar refractivity (Wildman–Crippen MR) is 117 cm³/mol. The van der Waals surface area contributed by atoms with Gasteiger partial charge in [0.2, 0.25) is 5.60 Å². The topological polar surface area (TPSA) is 81.0 Å². The Hall–Kier alpha value is -2.21. The molecule has 5 heteroatoms. The number of benzene rings is 2. The zero-order chi connectivity index (χ0) is 21.4. The molecule has 0 aromatic heterocycles. The first-order chi connectivity index (χ1) is 14.6. The Bertz CT molecular complexity index is 719. The van der Waals surface area contributed by atoms with Crippen molar-refractivity contribution in [1.82, 2.24) is 4.90 Å². The molecule has 4 rings (SSSR count). The maximum atomic E-state index is 11.4. The minimum absolute atomic E-state index is 0.346. The molecule has 2 saturated heterocycles. The quantitative estimate of drug-likeness (QED) is 0.674. The summed E-state index contributed by atoms with van der Waals surface area (Å²) in [7, 11) is 0. The zero-order valence-corrected chi connectivity index (χ0v) is 17.5. The second kappa shape index (κ2) is 10.7. The second-order valence-electron chi connectivity index (χ2n) is 8.23. The van der Waals surface area contributed by atoms with Crippen molar-refractivity contribution < 1.29 is 20.1 Å². The van der Waals surface area contributed by atoms with E-state index in [1.165, 1.54) is 38.5 Å². The third-order valence-corrected chi connectivity index (χ3v) is 6.35. The van der Waals surface area contributed by atoms with E-state index in [9.17, 15) is 15.0 Å². The summed E-state index contributed by atoms with van der Waals surface area (Å²) in [4.78, 5) is 14.0. The number of aliphatic hydroxyl groups is 2. The summed E-state index contributed by atoms with van der Waals surface area (Å²) in [6.45, 7) is 1.49. The van der Waals surface area contributed by atoms with Gasteiger partial charge in [-0.2, -0.15) is 0 Å². The van der Waals surface area contributed by atoms with E-state index in [1.807, 2.05) is 0 Å². The first kappa shape index (κ1) is 22.5. The van der Waals surface area contributed by atoms with Crippen molar-refractivity contribution in [3.8, 4) is 0 Å². The van der Waals surface area contributed by atoms with Crippen LogP contribution < -0.4 is 0 Å². The third-order valence-electron chi connectivity index (χ3n) is 6.35. The Morgan fingerprint density at radius 1 is 0.867 bits per heavy atom. The van der Waals surface area contributed by atoms with E-state index in [1.54, 1.807) is 60.7 Å². The third kappa shape index (κ3) is 5.09. The molecule has 0 spiro atoms. The lowest BCUT2D eigenvalue weighted by molar-refractivity contribution is -0.155. The molecule has 5 nitrogen and oxygen atoms in total. The van der Waals surface area contributed by atoms with Crippen LogP contribution in [0.25, 0.3) is 0 Å². The van der Waals surface area contributed by atoms with Gasteiger partial charge in [0, 0.05) is 25.2 Å². The highest BCUT2D eigenvalue weighted by Crippen LogP contribution is 2.33. The van der Waals surface area contributed by atoms with Gasteiger partial charge in [-0.1, -0.05) is 73.5 Å². The standard InChI is InChI=1S/C14H12O3.C11H21NO/c15-13(16)14(17,11-7-3-1-4-8-11)12-9-5-2-6-10-12;13-9-3-8-12-10-4-1-5-11(12)7-2-6-10/h1-10,17H,(H,15,16);10-11,13H,1-9H2. The first-order valence-corrected chi connectivity index (χ1v) is 11.0. The molecule has 162 valence electrons. The van der Waals surface area contributed by atoms with E-state index >= 15 is 0 Å². The number of carboxylic acid groups (broad SMARTS) is 1. The molecule has 0 atom stereocenters. The smallest absolute Gasteiger partial charge is 0.345 e. The lowest BCUT2D eigenvalue weighted by Crippen LogP contribution is -2.50. The number of piperidine rings is 2. The van der Waals surface area contributed by atoms with Crippen LogP contribution >= 0.6 is 0 Å². The van der Waals surface area contributed by atoms with E-state index in [4.69, 9.17) is 5.11 Å². The number of aliphatic carboxylic acids is 1. The van der Waals surface area contributed by atoms with Crippen molar-refractivity contribution in [2.45, 2.75) is 62.6 Å². The largest absolute Gasteiger partial charge is 0.479 e. The average molecular weight is 412 g/mol. The van der Waals surface area contributed by atoms with Crippen molar-refractivity contribution in [3.05, 3.63) is 71.8 Å². The van der Waals surface area contributed by atoms with Gasteiger partial charge < -0.3 is 15.3 Å². The molecule has 2 bridgehead atoms. The number of carbonyl (C=O) groups is 1. The number of hydrogen-bond donors (Lipinski definition) is 3. The summed E-state index contributed by atoms with van der Waals surface area (Å²) in [5, 5.41) is 28.6. The summed E-state index contributed by atoms with van der Waals surface area (Å²) < 4.78 is 0. The molecule has 0 unspecified atom stereocenters. The Balaban J connectivity index is 0.000000177. The van der Waals surface area contributed by atoms with Crippen LogP contribution in [0.3, 0.4) is 0 Å². The van der Waals surface area contributed by atoms with Gasteiger partial charge in [-0.15, -0.1) is 0 Å². The average Bonchev–Trinajstić information content (AvgIpc) is 2.78. The van der Waals surface area contributed by atoms with Gasteiger partial charge in [0.25, 0.3) is 0 Å². The molecule has 30 heavy (non-hydrogen) atoms. The minimum atomic E-state index is -2.00. The van der Waals surface area contributed by atoms with Crippen molar-refractivity contribution in [2.24, 2.45) is 0 Å². The van der Waals surface area contributed by atoms with Crippen LogP contribution in [-0.2, 0) is 10.4 Å². The number of fused-ring (bicyclic) bond motifs is 2. The minimum Gasteiger partial charge on any atom is -0.479 e. The van der Waals surface area contributed by atoms with E-state index in [2.05, 4.69) is 4.90 Å². The van der Waals surface area contributed by atoms with Crippen LogP contribution in [0.5, 0.6) is 0 Å². The lowest BCUT2D eigenvalue weighted by atomic mass is 9.84. The molecule has 2 aliphatic heterocycles. The normalized spacial score (nSPS) is 21.4. The summed E-state index contributed by atoms with van der Waals surface area (Å²) >= 11 is 0. The van der Waals surface area contributed by atoms with Crippen molar-refractivity contribution >= 4 is 5.97 Å². The number of rotatable bonds is 6. The Morgan fingerprint density at radius 3 is 1.67 bits per heavy atom. The van der Waals surface area contributed by atoms with E-state index in [0.717, 1.165) is 25.0 Å². The Kier molecular flexibility index (Phi) is 8.02. The molecule has 2 heterocycles. The van der Waals surface area contributed by atoms with Crippen LogP contribution in [0.2, 0.25) is 0 Å². The molecule has 2 aliphatic rings. The molecule has 0 saturated carbocycles. The van der Waals surface area contributed by atoms with Crippen LogP contribution in [-0.4, -0.2) is 51.4 Å². The summed E-state index contributed by atoms with van der Waals surface area (Å²) in [6, 6.07) is 18.5. The summed E-state index contributed by atoms with van der Waals surface area (Å²) in [5.41, 5.74) is -1.31. The number of hydrogen-bond acceptors (Lipinski definition) is 4. The van der Waals surface area contributed by atoms with Crippen molar-refractivity contribution in [3.63, 3.8) is 0 Å². The van der Waals surface area contributed by atoms with Gasteiger partial charge in [0.15, 0.2) is 0 Å². The number of nitrogens with zero attached hydrogens (tertiary/aromatic N) is 1. The molecule has 3 N–H and O–H groups in total. The van der Waals surface area contributed by atoms with Gasteiger partial charge in [-0.05, 0) is 43.2 Å². The van der Waals surface area contributed by atoms with Crippen molar-refractivity contribution in [2.75, 3.05) is 13.2 Å². The van der Waals surface area contributed by atoms with Crippen LogP contribution in [0, 0.1) is 0 Å². The molecule has 2 fully saturated rings.